The molecule has 2 N–H and O–H groups in total. The average molecular weight is 281 g/mol. The van der Waals surface area contributed by atoms with E-state index in [4.69, 9.17) is 5.11 Å². The Morgan fingerprint density at radius 3 is 2.84 bits per heavy atom. The lowest BCUT2D eigenvalue weighted by molar-refractivity contribution is -0.384. The van der Waals surface area contributed by atoms with Crippen molar-refractivity contribution in [1.29, 1.82) is 0 Å². The molecule has 1 aromatic carbocycles. The lowest BCUT2D eigenvalue weighted by atomic mass is 10.3. The lowest BCUT2D eigenvalue weighted by Gasteiger charge is -1.92. The van der Waals surface area contributed by atoms with Crippen molar-refractivity contribution < 1.29 is 19.6 Å². The van der Waals surface area contributed by atoms with Gasteiger partial charge in [-0.25, -0.2) is 9.78 Å². The van der Waals surface area contributed by atoms with Crippen LogP contribution in [-0.2, 0) is 9.59 Å². The molecular formula is C10H7N3O5S. The largest absolute Gasteiger partial charge is 0.475 e. The van der Waals surface area contributed by atoms with Gasteiger partial charge in [-0.1, -0.05) is 11.8 Å². The predicted octanol–water partition coefficient (Wildman–Crippen LogP) is 1.22. The molecule has 0 saturated heterocycles. The van der Waals surface area contributed by atoms with E-state index in [2.05, 4.69) is 9.97 Å². The van der Waals surface area contributed by atoms with Crippen molar-refractivity contribution in [1.82, 2.24) is 9.97 Å². The van der Waals surface area contributed by atoms with Gasteiger partial charge in [0.15, 0.2) is 5.16 Å². The molecule has 1 heterocycles. The van der Waals surface area contributed by atoms with E-state index in [1.165, 1.54) is 18.2 Å². The maximum atomic E-state index is 10.9. The third kappa shape index (κ3) is 2.88. The molecule has 0 amide bonds. The van der Waals surface area contributed by atoms with Crippen molar-refractivity contribution in [2.75, 3.05) is 5.75 Å². The van der Waals surface area contributed by atoms with E-state index in [1.54, 1.807) is 0 Å². The number of nitro benzene ring substituents is 1. The van der Waals surface area contributed by atoms with Crippen LogP contribution < -0.4 is 0 Å². The number of ketones is 1. The average Bonchev–Trinajstić information content (AvgIpc) is 2.77. The molecule has 0 unspecified atom stereocenters. The van der Waals surface area contributed by atoms with Gasteiger partial charge in [-0.05, 0) is 6.07 Å². The first-order chi connectivity index (χ1) is 8.97. The number of aromatic amines is 1. The number of hydrogen-bond donors (Lipinski definition) is 2. The Kier molecular flexibility index (Phi) is 3.47. The van der Waals surface area contributed by atoms with Gasteiger partial charge in [0.1, 0.15) is 0 Å². The summed E-state index contributed by atoms with van der Waals surface area (Å²) >= 11 is 0.930. The number of nitrogens with one attached hydrogen (secondary N) is 1. The number of fused-ring (bicyclic) bond motifs is 1. The molecule has 0 saturated carbocycles. The maximum absolute atomic E-state index is 10.9. The fraction of sp³-hybridized carbons (Fsp3) is 0.100. The quantitative estimate of drug-likeness (QED) is 0.365. The number of carboxylic acid groups (broad SMARTS) is 1. The zero-order valence-electron chi connectivity index (χ0n) is 9.32. The van der Waals surface area contributed by atoms with E-state index in [1.807, 2.05) is 0 Å². The van der Waals surface area contributed by atoms with Gasteiger partial charge in [0.05, 0.1) is 21.7 Å². The molecule has 0 bridgehead atoms. The van der Waals surface area contributed by atoms with Crippen molar-refractivity contribution in [3.63, 3.8) is 0 Å². The molecule has 0 fully saturated rings. The Labute approximate surface area is 110 Å². The van der Waals surface area contributed by atoms with Crippen LogP contribution in [0.1, 0.15) is 0 Å². The zero-order valence-corrected chi connectivity index (χ0v) is 10.1. The van der Waals surface area contributed by atoms with Gasteiger partial charge in [0.25, 0.3) is 5.69 Å². The molecule has 0 spiro atoms. The SMILES string of the molecule is O=C(O)C(=O)CSc1nc2ccc([N+](=O)[O-])cc2[nH]1. The number of Topliss-reactive ketones (excluding diaryl/α,β-unsaturated/α-hetero) is 1. The Morgan fingerprint density at radius 1 is 1.47 bits per heavy atom. The summed E-state index contributed by atoms with van der Waals surface area (Å²) in [5, 5.41) is 19.4. The normalized spacial score (nSPS) is 10.5. The van der Waals surface area contributed by atoms with Crippen LogP contribution in [0.2, 0.25) is 0 Å². The molecule has 2 rings (SSSR count). The number of carboxylic acids is 1. The minimum Gasteiger partial charge on any atom is -0.475 e. The van der Waals surface area contributed by atoms with Crippen molar-refractivity contribution in [2.45, 2.75) is 5.16 Å². The number of nitro groups is 1. The summed E-state index contributed by atoms with van der Waals surface area (Å²) in [6, 6.07) is 4.12. The van der Waals surface area contributed by atoms with Crippen LogP contribution in [0.15, 0.2) is 23.4 Å². The minimum absolute atomic E-state index is 0.0747. The van der Waals surface area contributed by atoms with Gasteiger partial charge in [-0.2, -0.15) is 0 Å². The molecule has 0 aliphatic rings. The maximum Gasteiger partial charge on any atom is 0.373 e. The first-order valence-electron chi connectivity index (χ1n) is 5.00. The van der Waals surface area contributed by atoms with Crippen molar-refractivity contribution in [2.24, 2.45) is 0 Å². The Hall–Kier alpha value is -2.42. The first kappa shape index (κ1) is 13.0. The number of imidazole rings is 1. The van der Waals surface area contributed by atoms with E-state index < -0.39 is 16.7 Å². The summed E-state index contributed by atoms with van der Waals surface area (Å²) in [5.74, 6) is -2.69. The van der Waals surface area contributed by atoms with Crippen LogP contribution in [0.25, 0.3) is 11.0 Å². The van der Waals surface area contributed by atoms with Crippen molar-refractivity contribution in [3.05, 3.63) is 28.3 Å². The number of thioether (sulfide) groups is 1. The third-order valence-electron chi connectivity index (χ3n) is 2.23. The summed E-state index contributed by atoms with van der Waals surface area (Å²) in [7, 11) is 0. The summed E-state index contributed by atoms with van der Waals surface area (Å²) in [5.41, 5.74) is 0.893. The first-order valence-corrected chi connectivity index (χ1v) is 5.99. The second kappa shape index (κ2) is 5.06. The molecule has 0 aliphatic heterocycles. The van der Waals surface area contributed by atoms with Crippen molar-refractivity contribution in [3.8, 4) is 0 Å². The highest BCUT2D eigenvalue weighted by atomic mass is 32.2. The second-order valence-electron chi connectivity index (χ2n) is 3.52. The minimum atomic E-state index is -1.50. The molecule has 1 aromatic heterocycles. The number of H-pyrrole nitrogens is 1. The van der Waals surface area contributed by atoms with Crippen LogP contribution in [0.5, 0.6) is 0 Å². The van der Waals surface area contributed by atoms with E-state index in [9.17, 15) is 19.7 Å². The van der Waals surface area contributed by atoms with Crippen LogP contribution in [0.4, 0.5) is 5.69 Å². The molecule has 0 aliphatic carbocycles. The summed E-state index contributed by atoms with van der Waals surface area (Å²) in [6.07, 6.45) is 0. The Bertz CT molecular complexity index is 681. The van der Waals surface area contributed by atoms with Crippen LogP contribution in [0, 0.1) is 10.1 Å². The Balaban J connectivity index is 2.19. The fourth-order valence-electron chi connectivity index (χ4n) is 1.35. The molecule has 9 heteroatoms. The van der Waals surface area contributed by atoms with Gasteiger partial charge in [-0.15, -0.1) is 0 Å². The molecule has 0 atom stereocenters. The number of aliphatic carboxylic acids is 1. The number of carbonyl (C=O) groups is 2. The highest BCUT2D eigenvalue weighted by molar-refractivity contribution is 7.99. The number of non-ortho nitro benzene ring substituents is 1. The molecule has 98 valence electrons. The molecular weight excluding hydrogens is 274 g/mol. The van der Waals surface area contributed by atoms with E-state index in [0.717, 1.165) is 11.8 Å². The van der Waals surface area contributed by atoms with E-state index in [0.29, 0.717) is 16.2 Å². The smallest absolute Gasteiger partial charge is 0.373 e. The van der Waals surface area contributed by atoms with Gasteiger partial charge in [0, 0.05) is 12.1 Å². The van der Waals surface area contributed by atoms with Crippen LogP contribution in [-0.4, -0.2) is 37.5 Å². The van der Waals surface area contributed by atoms with E-state index in [-0.39, 0.29) is 11.4 Å². The van der Waals surface area contributed by atoms with Crippen LogP contribution >= 0.6 is 11.8 Å². The standard InChI is InChI=1S/C10H7N3O5S/c14-8(9(15)16)4-19-10-11-6-2-1-5(13(17)18)3-7(6)12-10/h1-3H,4H2,(H,11,12)(H,15,16). The molecule has 8 nitrogen and oxygen atoms in total. The second-order valence-corrected chi connectivity index (χ2v) is 4.48. The van der Waals surface area contributed by atoms with Gasteiger partial charge >= 0.3 is 5.97 Å². The number of benzene rings is 1. The fourth-order valence-corrected chi connectivity index (χ4v) is 2.09. The lowest BCUT2D eigenvalue weighted by Crippen LogP contribution is -2.14. The highest BCUT2D eigenvalue weighted by Gasteiger charge is 2.14. The number of carbonyl (C=O) groups excluding carboxylic acids is 1. The summed E-state index contributed by atoms with van der Waals surface area (Å²) in [6.45, 7) is 0. The highest BCUT2D eigenvalue weighted by Crippen LogP contribution is 2.23. The Morgan fingerprint density at radius 2 is 2.21 bits per heavy atom. The topological polar surface area (TPSA) is 126 Å². The third-order valence-corrected chi connectivity index (χ3v) is 3.11. The van der Waals surface area contributed by atoms with Crippen LogP contribution in [0.3, 0.4) is 0 Å². The monoisotopic (exact) mass is 281 g/mol. The number of aromatic nitrogens is 2. The van der Waals surface area contributed by atoms with Crippen molar-refractivity contribution >= 4 is 40.2 Å². The summed E-state index contributed by atoms with van der Waals surface area (Å²) < 4.78 is 0. The van der Waals surface area contributed by atoms with E-state index >= 15 is 0 Å². The zero-order chi connectivity index (χ0) is 14.0. The molecule has 0 radical (unpaired) electrons. The molecule has 2 aromatic rings. The predicted molar refractivity (Wildman–Crippen MR) is 66.1 cm³/mol. The van der Waals surface area contributed by atoms with Gasteiger partial charge < -0.3 is 10.1 Å². The van der Waals surface area contributed by atoms with Gasteiger partial charge in [-0.3, -0.25) is 14.9 Å². The number of rotatable bonds is 5. The van der Waals surface area contributed by atoms with Gasteiger partial charge in [0.2, 0.25) is 5.78 Å². The number of nitrogens with zero attached hydrogens (tertiary/aromatic N) is 2. The summed E-state index contributed by atoms with van der Waals surface area (Å²) in [4.78, 5) is 38.2. The molecule has 19 heavy (non-hydrogen) atoms. The number of hydrogen-bond acceptors (Lipinski definition) is 6.